The Labute approximate surface area is 89.7 Å². The van der Waals surface area contributed by atoms with Crippen LogP contribution in [0.4, 0.5) is 5.95 Å². The molecule has 1 fully saturated rings. The highest BCUT2D eigenvalue weighted by molar-refractivity contribution is 5.85. The molecule has 0 saturated heterocycles. The molecule has 0 aromatic carbocycles. The highest BCUT2D eigenvalue weighted by Crippen LogP contribution is 2.28. The van der Waals surface area contributed by atoms with Crippen LogP contribution >= 0.6 is 12.4 Å². The van der Waals surface area contributed by atoms with Crippen LogP contribution in [0.1, 0.15) is 38.1 Å². The number of aromatic nitrogens is 4. The SMILES string of the molecule is CNc1nnnn1C1CCCCC1.Cl. The van der Waals surface area contributed by atoms with E-state index >= 15 is 0 Å². The number of anilines is 1. The van der Waals surface area contributed by atoms with Gasteiger partial charge < -0.3 is 5.32 Å². The van der Waals surface area contributed by atoms with Gasteiger partial charge in [-0.05, 0) is 23.3 Å². The zero-order chi connectivity index (χ0) is 9.10. The van der Waals surface area contributed by atoms with Gasteiger partial charge in [-0.2, -0.15) is 0 Å². The molecule has 0 radical (unpaired) electrons. The summed E-state index contributed by atoms with van der Waals surface area (Å²) in [7, 11) is 1.85. The number of tetrazole rings is 1. The maximum absolute atomic E-state index is 4.00. The van der Waals surface area contributed by atoms with E-state index in [0.29, 0.717) is 6.04 Å². The molecule has 1 N–H and O–H groups in total. The number of hydrogen-bond donors (Lipinski definition) is 1. The van der Waals surface area contributed by atoms with Gasteiger partial charge in [0.05, 0.1) is 6.04 Å². The van der Waals surface area contributed by atoms with Crippen molar-refractivity contribution < 1.29 is 0 Å². The molecule has 2 rings (SSSR count). The summed E-state index contributed by atoms with van der Waals surface area (Å²) in [6.45, 7) is 0. The van der Waals surface area contributed by atoms with Crippen LogP contribution in [0.15, 0.2) is 0 Å². The third-order valence-corrected chi connectivity index (χ3v) is 2.64. The van der Waals surface area contributed by atoms with Gasteiger partial charge in [0.25, 0.3) is 0 Å². The minimum atomic E-state index is 0. The topological polar surface area (TPSA) is 55.6 Å². The van der Waals surface area contributed by atoms with E-state index in [2.05, 4.69) is 20.8 Å². The zero-order valence-corrected chi connectivity index (χ0v) is 9.13. The Morgan fingerprint density at radius 1 is 1.29 bits per heavy atom. The molecule has 6 heteroatoms. The van der Waals surface area contributed by atoms with Crippen molar-refractivity contribution in [3.8, 4) is 0 Å². The molecule has 0 aliphatic heterocycles. The fraction of sp³-hybridized carbons (Fsp3) is 0.875. The Morgan fingerprint density at radius 3 is 2.64 bits per heavy atom. The summed E-state index contributed by atoms with van der Waals surface area (Å²) in [5.74, 6) is 0.784. The van der Waals surface area contributed by atoms with Crippen LogP contribution in [0, 0.1) is 0 Å². The first kappa shape index (κ1) is 11.2. The lowest BCUT2D eigenvalue weighted by molar-refractivity contribution is 0.327. The van der Waals surface area contributed by atoms with E-state index in [1.54, 1.807) is 0 Å². The van der Waals surface area contributed by atoms with Crippen molar-refractivity contribution in [1.82, 2.24) is 20.2 Å². The maximum atomic E-state index is 4.00. The first-order valence-corrected chi connectivity index (χ1v) is 4.87. The van der Waals surface area contributed by atoms with Crippen molar-refractivity contribution >= 4 is 18.4 Å². The number of nitrogens with zero attached hydrogens (tertiary/aromatic N) is 4. The van der Waals surface area contributed by atoms with Gasteiger partial charge in [0.15, 0.2) is 0 Å². The molecule has 0 amide bonds. The number of hydrogen-bond acceptors (Lipinski definition) is 4. The van der Waals surface area contributed by atoms with Crippen molar-refractivity contribution in [2.45, 2.75) is 38.1 Å². The summed E-state index contributed by atoms with van der Waals surface area (Å²) >= 11 is 0. The summed E-state index contributed by atoms with van der Waals surface area (Å²) in [6, 6.07) is 0.506. The molecule has 0 unspecified atom stereocenters. The van der Waals surface area contributed by atoms with Crippen LogP contribution < -0.4 is 5.32 Å². The normalized spacial score (nSPS) is 17.5. The smallest absolute Gasteiger partial charge is 0.242 e. The standard InChI is InChI=1S/C8H15N5.ClH/c1-9-8-10-11-12-13(8)7-5-3-2-4-6-7;/h7H,2-6H2,1H3,(H,9,10,12);1H. The van der Waals surface area contributed by atoms with Gasteiger partial charge in [0.2, 0.25) is 5.95 Å². The summed E-state index contributed by atoms with van der Waals surface area (Å²) in [5, 5.41) is 14.6. The molecular weight excluding hydrogens is 202 g/mol. The molecule has 0 atom stereocenters. The van der Waals surface area contributed by atoms with Crippen LogP contribution in [0.3, 0.4) is 0 Å². The average molecular weight is 218 g/mol. The third kappa shape index (κ3) is 2.15. The van der Waals surface area contributed by atoms with Crippen LogP contribution in [-0.4, -0.2) is 27.3 Å². The summed E-state index contributed by atoms with van der Waals surface area (Å²) in [5.41, 5.74) is 0. The van der Waals surface area contributed by atoms with E-state index in [0.717, 1.165) is 5.95 Å². The first-order valence-electron chi connectivity index (χ1n) is 4.87. The second kappa shape index (κ2) is 5.14. The minimum Gasteiger partial charge on any atom is -0.356 e. The fourth-order valence-electron chi connectivity index (χ4n) is 1.93. The van der Waals surface area contributed by atoms with Gasteiger partial charge in [0.1, 0.15) is 0 Å². The second-order valence-electron chi connectivity index (χ2n) is 3.49. The molecule has 0 bridgehead atoms. The van der Waals surface area contributed by atoms with E-state index < -0.39 is 0 Å². The molecule has 1 heterocycles. The lowest BCUT2D eigenvalue weighted by Gasteiger charge is -2.21. The van der Waals surface area contributed by atoms with E-state index in [1.165, 1.54) is 32.1 Å². The van der Waals surface area contributed by atoms with Gasteiger partial charge in [-0.25, -0.2) is 4.68 Å². The predicted molar refractivity (Wildman–Crippen MR) is 56.7 cm³/mol. The highest BCUT2D eigenvalue weighted by Gasteiger charge is 2.18. The maximum Gasteiger partial charge on any atom is 0.242 e. The molecule has 0 spiro atoms. The summed E-state index contributed by atoms with van der Waals surface area (Å²) < 4.78 is 1.92. The minimum absolute atomic E-state index is 0. The van der Waals surface area contributed by atoms with Gasteiger partial charge in [-0.1, -0.05) is 24.4 Å². The predicted octanol–water partition coefficient (Wildman–Crippen LogP) is 1.64. The third-order valence-electron chi connectivity index (χ3n) is 2.64. The lowest BCUT2D eigenvalue weighted by Crippen LogP contribution is -2.16. The number of halogens is 1. The average Bonchev–Trinajstić information content (AvgIpc) is 2.67. The number of rotatable bonds is 2. The van der Waals surface area contributed by atoms with Crippen molar-refractivity contribution in [2.24, 2.45) is 0 Å². The molecule has 1 saturated carbocycles. The molecule has 1 aliphatic rings. The molecule has 1 aromatic rings. The van der Waals surface area contributed by atoms with Crippen LogP contribution in [-0.2, 0) is 0 Å². The van der Waals surface area contributed by atoms with Crippen molar-refractivity contribution in [3.63, 3.8) is 0 Å². The Kier molecular flexibility index (Phi) is 4.13. The van der Waals surface area contributed by atoms with E-state index in [-0.39, 0.29) is 12.4 Å². The van der Waals surface area contributed by atoms with E-state index in [1.807, 2.05) is 11.7 Å². The van der Waals surface area contributed by atoms with Gasteiger partial charge in [0, 0.05) is 7.05 Å². The van der Waals surface area contributed by atoms with E-state index in [9.17, 15) is 0 Å². The Morgan fingerprint density at radius 2 is 2.00 bits per heavy atom. The van der Waals surface area contributed by atoms with Crippen molar-refractivity contribution in [3.05, 3.63) is 0 Å². The monoisotopic (exact) mass is 217 g/mol. The number of nitrogens with one attached hydrogen (secondary N) is 1. The Hall–Kier alpha value is -0.840. The van der Waals surface area contributed by atoms with Gasteiger partial charge in [-0.15, -0.1) is 12.4 Å². The molecule has 5 nitrogen and oxygen atoms in total. The Bertz CT molecular complexity index is 268. The molecule has 1 aromatic heterocycles. The molecule has 14 heavy (non-hydrogen) atoms. The largest absolute Gasteiger partial charge is 0.356 e. The van der Waals surface area contributed by atoms with Gasteiger partial charge in [-0.3, -0.25) is 0 Å². The quantitative estimate of drug-likeness (QED) is 0.819. The summed E-state index contributed by atoms with van der Waals surface area (Å²) in [4.78, 5) is 0. The van der Waals surface area contributed by atoms with Crippen LogP contribution in [0.25, 0.3) is 0 Å². The molecule has 80 valence electrons. The Balaban J connectivity index is 0.000000980. The first-order chi connectivity index (χ1) is 6.42. The molecular formula is C8H16ClN5. The van der Waals surface area contributed by atoms with Gasteiger partial charge >= 0.3 is 0 Å². The zero-order valence-electron chi connectivity index (χ0n) is 8.31. The highest BCUT2D eigenvalue weighted by atomic mass is 35.5. The van der Waals surface area contributed by atoms with Crippen molar-refractivity contribution in [1.29, 1.82) is 0 Å². The van der Waals surface area contributed by atoms with E-state index in [4.69, 9.17) is 0 Å². The van der Waals surface area contributed by atoms with Crippen LogP contribution in [0.2, 0.25) is 0 Å². The lowest BCUT2D eigenvalue weighted by atomic mass is 9.96. The summed E-state index contributed by atoms with van der Waals surface area (Å²) in [6.07, 6.45) is 6.37. The second-order valence-corrected chi connectivity index (χ2v) is 3.49. The van der Waals surface area contributed by atoms with Crippen LogP contribution in [0.5, 0.6) is 0 Å². The fourth-order valence-corrected chi connectivity index (χ4v) is 1.93. The van der Waals surface area contributed by atoms with Crippen molar-refractivity contribution in [2.75, 3.05) is 12.4 Å². The molecule has 1 aliphatic carbocycles.